The van der Waals surface area contributed by atoms with E-state index in [1.54, 1.807) is 0 Å². The van der Waals surface area contributed by atoms with E-state index in [-0.39, 0.29) is 10.8 Å². The van der Waals surface area contributed by atoms with Crippen molar-refractivity contribution in [3.8, 4) is 0 Å². The molecular weight excluding hydrogens is 271 g/mol. The van der Waals surface area contributed by atoms with Crippen LogP contribution in [0.1, 0.15) is 63.8 Å². The van der Waals surface area contributed by atoms with Gasteiger partial charge in [0.15, 0.2) is 0 Å². The zero-order valence-corrected chi connectivity index (χ0v) is 14.2. The molecule has 1 aromatic rings. The van der Waals surface area contributed by atoms with Crippen molar-refractivity contribution in [1.82, 2.24) is 0 Å². The van der Waals surface area contributed by atoms with Crippen LogP contribution in [0.25, 0.3) is 0 Å². The standard InChI is InChI=1S/C16H25Se/c1-10-9-11(2)13(16(6,7)8)14(17)12(10)15(3,4)5/h9H,1-8H3. The molecule has 0 amide bonds. The molecule has 0 aliphatic carbocycles. The Morgan fingerprint density at radius 3 is 1.29 bits per heavy atom. The number of aryl methyl sites for hydroxylation is 2. The van der Waals surface area contributed by atoms with E-state index in [0.29, 0.717) is 0 Å². The van der Waals surface area contributed by atoms with Crippen LogP contribution < -0.4 is 4.46 Å². The molecular formula is C16H25Se. The fourth-order valence-corrected chi connectivity index (χ4v) is 4.78. The molecule has 17 heavy (non-hydrogen) atoms. The topological polar surface area (TPSA) is 0 Å². The van der Waals surface area contributed by atoms with Crippen molar-refractivity contribution in [3.05, 3.63) is 28.3 Å². The van der Waals surface area contributed by atoms with Crippen molar-refractivity contribution in [3.63, 3.8) is 0 Å². The summed E-state index contributed by atoms with van der Waals surface area (Å²) in [6, 6.07) is 2.34. The minimum atomic E-state index is 0.193. The predicted molar refractivity (Wildman–Crippen MR) is 78.7 cm³/mol. The van der Waals surface area contributed by atoms with Crippen LogP contribution >= 0.6 is 0 Å². The number of hydrogen-bond donors (Lipinski definition) is 0. The second-order valence-electron chi connectivity index (χ2n) is 7.09. The molecule has 0 saturated heterocycles. The summed E-state index contributed by atoms with van der Waals surface area (Å²) in [6.45, 7) is 18.2. The fraction of sp³-hybridized carbons (Fsp3) is 0.625. The van der Waals surface area contributed by atoms with Crippen LogP contribution in [0.5, 0.6) is 0 Å². The van der Waals surface area contributed by atoms with Gasteiger partial charge in [0.1, 0.15) is 0 Å². The molecule has 0 nitrogen and oxygen atoms in total. The van der Waals surface area contributed by atoms with E-state index in [4.69, 9.17) is 0 Å². The van der Waals surface area contributed by atoms with E-state index < -0.39 is 0 Å². The number of benzene rings is 1. The van der Waals surface area contributed by atoms with Gasteiger partial charge in [-0.05, 0) is 0 Å². The molecule has 0 aliphatic rings. The van der Waals surface area contributed by atoms with Gasteiger partial charge in [0.05, 0.1) is 0 Å². The molecule has 0 aliphatic heterocycles. The normalized spacial score (nSPS) is 12.9. The summed E-state index contributed by atoms with van der Waals surface area (Å²) < 4.78 is 1.36. The van der Waals surface area contributed by atoms with Gasteiger partial charge >= 0.3 is 115 Å². The van der Waals surface area contributed by atoms with Crippen LogP contribution in [-0.4, -0.2) is 16.0 Å². The Labute approximate surface area is 115 Å². The molecule has 0 atom stereocenters. The van der Waals surface area contributed by atoms with Crippen LogP contribution in [0.4, 0.5) is 0 Å². The van der Waals surface area contributed by atoms with E-state index in [0.717, 1.165) is 0 Å². The van der Waals surface area contributed by atoms with Gasteiger partial charge in [0.2, 0.25) is 0 Å². The average Bonchev–Trinajstić information content (AvgIpc) is 1.94. The third-order valence-corrected chi connectivity index (χ3v) is 4.03. The monoisotopic (exact) mass is 297 g/mol. The minimum absolute atomic E-state index is 0.193. The Morgan fingerprint density at radius 1 is 0.765 bits per heavy atom. The summed E-state index contributed by atoms with van der Waals surface area (Å²) >= 11 is 3.33. The van der Waals surface area contributed by atoms with Gasteiger partial charge in [-0.2, -0.15) is 0 Å². The molecule has 0 aromatic heterocycles. The quantitative estimate of drug-likeness (QED) is 0.641. The van der Waals surface area contributed by atoms with E-state index in [1.165, 1.54) is 26.7 Å². The molecule has 0 N–H and O–H groups in total. The summed E-state index contributed by atoms with van der Waals surface area (Å²) in [5.41, 5.74) is 6.12. The third kappa shape index (κ3) is 2.95. The summed E-state index contributed by atoms with van der Waals surface area (Å²) in [5.74, 6) is 0. The molecule has 1 rings (SSSR count). The first-order valence-corrected chi connectivity index (χ1v) is 7.14. The molecule has 0 fully saturated rings. The maximum absolute atomic E-state index is 3.33. The molecule has 0 bridgehead atoms. The Balaban J connectivity index is 3.67. The first-order valence-electron chi connectivity index (χ1n) is 6.28. The van der Waals surface area contributed by atoms with Crippen molar-refractivity contribution in [2.24, 2.45) is 0 Å². The van der Waals surface area contributed by atoms with Crippen LogP contribution in [0.15, 0.2) is 6.07 Å². The van der Waals surface area contributed by atoms with Crippen LogP contribution in [-0.2, 0) is 10.8 Å². The van der Waals surface area contributed by atoms with Gasteiger partial charge in [0.25, 0.3) is 0 Å². The molecule has 1 aromatic carbocycles. The third-order valence-electron chi connectivity index (χ3n) is 3.18. The van der Waals surface area contributed by atoms with Crippen molar-refractivity contribution in [2.45, 2.75) is 66.2 Å². The SMILES string of the molecule is Cc1cc(C)c(C(C)(C)C)c([Se])c1C(C)(C)C. The van der Waals surface area contributed by atoms with Gasteiger partial charge < -0.3 is 0 Å². The molecule has 0 spiro atoms. The van der Waals surface area contributed by atoms with Crippen LogP contribution in [0.2, 0.25) is 0 Å². The summed E-state index contributed by atoms with van der Waals surface area (Å²) in [6.07, 6.45) is 0. The maximum atomic E-state index is 3.33. The van der Waals surface area contributed by atoms with E-state index in [2.05, 4.69) is 77.5 Å². The van der Waals surface area contributed by atoms with Crippen LogP contribution in [0, 0.1) is 13.8 Å². The molecule has 95 valence electrons. The Bertz CT molecular complexity index is 390. The molecule has 1 radical (unpaired) electrons. The first kappa shape index (κ1) is 14.8. The number of hydrogen-bond acceptors (Lipinski definition) is 0. The Hall–Kier alpha value is -0.261. The fourth-order valence-electron chi connectivity index (χ4n) is 2.82. The zero-order chi connectivity index (χ0) is 13.6. The molecule has 0 unspecified atom stereocenters. The van der Waals surface area contributed by atoms with Crippen molar-refractivity contribution < 1.29 is 0 Å². The van der Waals surface area contributed by atoms with Gasteiger partial charge in [-0.3, -0.25) is 0 Å². The van der Waals surface area contributed by atoms with Crippen LogP contribution in [0.3, 0.4) is 0 Å². The second-order valence-corrected chi connectivity index (χ2v) is 7.95. The Morgan fingerprint density at radius 2 is 1.06 bits per heavy atom. The summed E-state index contributed by atoms with van der Waals surface area (Å²) in [5, 5.41) is 0. The number of rotatable bonds is 0. The first-order chi connectivity index (χ1) is 7.46. The van der Waals surface area contributed by atoms with Crippen molar-refractivity contribution in [1.29, 1.82) is 0 Å². The van der Waals surface area contributed by atoms with E-state index >= 15 is 0 Å². The zero-order valence-electron chi connectivity index (χ0n) is 12.5. The van der Waals surface area contributed by atoms with E-state index in [9.17, 15) is 0 Å². The average molecular weight is 296 g/mol. The van der Waals surface area contributed by atoms with Gasteiger partial charge in [-0.15, -0.1) is 0 Å². The molecule has 0 heterocycles. The van der Waals surface area contributed by atoms with E-state index in [1.807, 2.05) is 0 Å². The van der Waals surface area contributed by atoms with Gasteiger partial charge in [-0.25, -0.2) is 0 Å². The summed E-state index contributed by atoms with van der Waals surface area (Å²) in [7, 11) is 0. The predicted octanol–water partition coefficient (Wildman–Crippen LogP) is 3.69. The summed E-state index contributed by atoms with van der Waals surface area (Å²) in [4.78, 5) is 0. The van der Waals surface area contributed by atoms with Gasteiger partial charge in [-0.1, -0.05) is 0 Å². The molecule has 1 heteroatoms. The second kappa shape index (κ2) is 4.44. The Kier molecular flexibility index (Phi) is 3.87. The molecule has 0 saturated carbocycles. The van der Waals surface area contributed by atoms with Crippen molar-refractivity contribution >= 4 is 20.5 Å². The van der Waals surface area contributed by atoms with Crippen molar-refractivity contribution in [2.75, 3.05) is 0 Å². The van der Waals surface area contributed by atoms with Gasteiger partial charge in [0, 0.05) is 0 Å².